The summed E-state index contributed by atoms with van der Waals surface area (Å²) >= 11 is 0. The van der Waals surface area contributed by atoms with Gasteiger partial charge in [0.1, 0.15) is 0 Å². The molecule has 0 saturated carbocycles. The van der Waals surface area contributed by atoms with Gasteiger partial charge in [-0.25, -0.2) is 0 Å². The zero-order valence-electron chi connectivity index (χ0n) is 17.1. The largest absolute Gasteiger partial charge is 0.396 e. The second-order valence-corrected chi connectivity index (χ2v) is 9.68. The van der Waals surface area contributed by atoms with Crippen LogP contribution >= 0.6 is 0 Å². The molecule has 0 aromatic heterocycles. The van der Waals surface area contributed by atoms with Crippen molar-refractivity contribution in [3.05, 3.63) is 0 Å². The molecule has 1 unspecified atom stereocenters. The number of aliphatic hydroxyl groups excluding tert-OH is 1. The van der Waals surface area contributed by atoms with E-state index in [-0.39, 0.29) is 0 Å². The van der Waals surface area contributed by atoms with Crippen molar-refractivity contribution in [2.45, 2.75) is 128 Å². The molecule has 0 spiro atoms. The number of hydrogen-bond acceptors (Lipinski definition) is 3. The fraction of sp³-hybridized carbons (Fsp3) is 1.00. The normalized spacial score (nSPS) is 13.2. The van der Waals surface area contributed by atoms with E-state index in [2.05, 4.69) is 0 Å². The summed E-state index contributed by atoms with van der Waals surface area (Å²) in [6.45, 7) is 1.92. The van der Waals surface area contributed by atoms with Crippen LogP contribution in [0.1, 0.15) is 122 Å². The highest BCUT2D eigenvalue weighted by Gasteiger charge is 2.15. The molecule has 4 nitrogen and oxygen atoms in total. The lowest BCUT2D eigenvalue weighted by atomic mass is 10.0. The molecule has 158 valence electrons. The zero-order valence-corrected chi connectivity index (χ0v) is 17.9. The number of aliphatic hydroxyl groups is 1. The molecule has 0 aliphatic carbocycles. The molecule has 26 heavy (non-hydrogen) atoms. The Balaban J connectivity index is 3.11. The van der Waals surface area contributed by atoms with Gasteiger partial charge in [-0.1, -0.05) is 103 Å². The van der Waals surface area contributed by atoms with Gasteiger partial charge in [0.05, 0.1) is 5.25 Å². The summed E-state index contributed by atoms with van der Waals surface area (Å²) in [4.78, 5) is 0. The van der Waals surface area contributed by atoms with E-state index in [4.69, 9.17) is 9.66 Å². The highest BCUT2D eigenvalue weighted by molar-refractivity contribution is 7.86. The van der Waals surface area contributed by atoms with E-state index in [9.17, 15) is 8.42 Å². The molecule has 5 heteroatoms. The Morgan fingerprint density at radius 3 is 1.12 bits per heavy atom. The zero-order chi connectivity index (χ0) is 19.5. The Morgan fingerprint density at radius 2 is 0.846 bits per heavy atom. The van der Waals surface area contributed by atoms with Crippen LogP contribution in [0.25, 0.3) is 0 Å². The predicted molar refractivity (Wildman–Crippen MR) is 111 cm³/mol. The van der Waals surface area contributed by atoms with E-state index in [1.165, 1.54) is 89.9 Å². The van der Waals surface area contributed by atoms with Crippen LogP contribution in [0.15, 0.2) is 0 Å². The van der Waals surface area contributed by atoms with Crippen LogP contribution in [0.4, 0.5) is 0 Å². The van der Waals surface area contributed by atoms with Crippen LogP contribution in [0.3, 0.4) is 0 Å². The lowest BCUT2D eigenvalue weighted by molar-refractivity contribution is 0.282. The highest BCUT2D eigenvalue weighted by atomic mass is 32.2. The van der Waals surface area contributed by atoms with Gasteiger partial charge in [0.2, 0.25) is 0 Å². The van der Waals surface area contributed by atoms with Crippen molar-refractivity contribution in [3.63, 3.8) is 0 Å². The van der Waals surface area contributed by atoms with Crippen molar-refractivity contribution >= 4 is 10.1 Å². The second-order valence-electron chi connectivity index (χ2n) is 7.85. The smallest absolute Gasteiger partial charge is 0.267 e. The van der Waals surface area contributed by atoms with Gasteiger partial charge >= 0.3 is 0 Å². The lowest BCUT2D eigenvalue weighted by Gasteiger charge is -2.07. The van der Waals surface area contributed by atoms with Gasteiger partial charge in [-0.05, 0) is 19.8 Å². The first kappa shape index (κ1) is 25.9. The minimum Gasteiger partial charge on any atom is -0.396 e. The fourth-order valence-corrected chi connectivity index (χ4v) is 3.81. The Bertz CT molecular complexity index is 381. The second kappa shape index (κ2) is 18.2. The molecule has 2 N–H and O–H groups in total. The van der Waals surface area contributed by atoms with Crippen LogP contribution in [0, 0.1) is 0 Å². The number of hydrogen-bond donors (Lipinski definition) is 2. The van der Waals surface area contributed by atoms with Gasteiger partial charge in [-0.3, -0.25) is 4.55 Å². The van der Waals surface area contributed by atoms with Crippen LogP contribution in [0.5, 0.6) is 0 Å². The third kappa shape index (κ3) is 18.7. The lowest BCUT2D eigenvalue weighted by Crippen LogP contribution is -2.16. The topological polar surface area (TPSA) is 74.6 Å². The molecule has 0 aliphatic heterocycles. The number of rotatable bonds is 20. The van der Waals surface area contributed by atoms with Gasteiger partial charge in [0.15, 0.2) is 0 Å². The maximum Gasteiger partial charge on any atom is 0.267 e. The van der Waals surface area contributed by atoms with Crippen molar-refractivity contribution in [3.8, 4) is 0 Å². The van der Waals surface area contributed by atoms with E-state index in [0.29, 0.717) is 13.0 Å². The monoisotopic (exact) mass is 392 g/mol. The van der Waals surface area contributed by atoms with E-state index in [1.807, 2.05) is 0 Å². The molecule has 0 saturated heterocycles. The molecule has 0 amide bonds. The Hall–Kier alpha value is -0.130. The van der Waals surface area contributed by atoms with Gasteiger partial charge in [-0.15, -0.1) is 0 Å². The van der Waals surface area contributed by atoms with E-state index < -0.39 is 15.4 Å². The standard InChI is InChI=1S/C21H44O4S/c1-21(26(23,24)25)19-17-15-13-11-9-7-5-3-2-4-6-8-10-12-14-16-18-20-22/h21-22H,2-20H2,1H3,(H,23,24,25). The van der Waals surface area contributed by atoms with Crippen molar-refractivity contribution in [2.24, 2.45) is 0 Å². The minimum atomic E-state index is -3.83. The van der Waals surface area contributed by atoms with Crippen molar-refractivity contribution in [1.29, 1.82) is 0 Å². The summed E-state index contributed by atoms with van der Waals surface area (Å²) in [5.74, 6) is 0. The third-order valence-electron chi connectivity index (χ3n) is 5.28. The molecule has 0 aromatic carbocycles. The summed E-state index contributed by atoms with van der Waals surface area (Å²) in [6, 6.07) is 0. The molecule has 0 rings (SSSR count). The molecule has 0 bridgehead atoms. The average Bonchev–Trinajstić information content (AvgIpc) is 2.59. The molecule has 0 aliphatic rings. The first-order valence-corrected chi connectivity index (χ1v) is 12.6. The predicted octanol–water partition coefficient (Wildman–Crippen LogP) is 6.28. The first-order valence-electron chi connectivity index (χ1n) is 11.1. The quantitative estimate of drug-likeness (QED) is 0.189. The van der Waals surface area contributed by atoms with Gasteiger partial charge in [0, 0.05) is 6.61 Å². The summed E-state index contributed by atoms with van der Waals surface area (Å²) in [5.41, 5.74) is 0. The summed E-state index contributed by atoms with van der Waals surface area (Å²) in [5, 5.41) is 8.09. The molecule has 0 heterocycles. The van der Waals surface area contributed by atoms with E-state index in [1.54, 1.807) is 6.92 Å². The summed E-state index contributed by atoms with van der Waals surface area (Å²) < 4.78 is 30.7. The summed E-state index contributed by atoms with van der Waals surface area (Å²) in [7, 11) is -3.83. The molecule has 0 aromatic rings. The van der Waals surface area contributed by atoms with Crippen LogP contribution in [-0.4, -0.2) is 29.9 Å². The van der Waals surface area contributed by atoms with Crippen molar-refractivity contribution in [1.82, 2.24) is 0 Å². The molecule has 0 radical (unpaired) electrons. The Kier molecular flexibility index (Phi) is 18.2. The van der Waals surface area contributed by atoms with Crippen LogP contribution < -0.4 is 0 Å². The average molecular weight is 393 g/mol. The van der Waals surface area contributed by atoms with Crippen LogP contribution in [-0.2, 0) is 10.1 Å². The summed E-state index contributed by atoms with van der Waals surface area (Å²) in [6.07, 6.45) is 21.9. The van der Waals surface area contributed by atoms with E-state index >= 15 is 0 Å². The maximum atomic E-state index is 10.9. The maximum absolute atomic E-state index is 10.9. The van der Waals surface area contributed by atoms with Crippen molar-refractivity contribution < 1.29 is 18.1 Å². The fourth-order valence-electron chi connectivity index (χ4n) is 3.34. The minimum absolute atomic E-state index is 0.344. The van der Waals surface area contributed by atoms with Crippen LogP contribution in [0.2, 0.25) is 0 Å². The third-order valence-corrected chi connectivity index (χ3v) is 6.53. The molecule has 1 atom stereocenters. The highest BCUT2D eigenvalue weighted by Crippen LogP contribution is 2.15. The SMILES string of the molecule is CC(CCCCCCCCCCCCCCCCCCCO)S(=O)(=O)O. The molecular formula is C21H44O4S. The van der Waals surface area contributed by atoms with Crippen molar-refractivity contribution in [2.75, 3.05) is 6.61 Å². The Labute approximate surface area is 162 Å². The van der Waals surface area contributed by atoms with Gasteiger partial charge in [-0.2, -0.15) is 8.42 Å². The first-order chi connectivity index (χ1) is 12.5. The van der Waals surface area contributed by atoms with Gasteiger partial charge in [0.25, 0.3) is 10.1 Å². The number of unbranched alkanes of at least 4 members (excludes halogenated alkanes) is 16. The van der Waals surface area contributed by atoms with E-state index in [0.717, 1.165) is 19.3 Å². The van der Waals surface area contributed by atoms with Gasteiger partial charge < -0.3 is 5.11 Å². The molecular weight excluding hydrogens is 348 g/mol. The molecule has 0 fully saturated rings. The Morgan fingerprint density at radius 1 is 0.577 bits per heavy atom.